The van der Waals surface area contributed by atoms with Gasteiger partial charge in [0.05, 0.1) is 4.92 Å². The summed E-state index contributed by atoms with van der Waals surface area (Å²) in [4.78, 5) is 22.3. The first-order valence-electron chi connectivity index (χ1n) is 8.37. The average molecular weight is 369 g/mol. The van der Waals surface area contributed by atoms with Crippen molar-refractivity contribution < 1.29 is 18.9 Å². The molecule has 0 aliphatic heterocycles. The van der Waals surface area contributed by atoms with E-state index in [1.807, 2.05) is 13.0 Å². The Bertz CT molecular complexity index is 862. The molecule has 1 aromatic heterocycles. The van der Waals surface area contributed by atoms with Crippen molar-refractivity contribution in [2.75, 3.05) is 19.8 Å². The number of nitro benzene ring substituents is 1. The number of furan rings is 1. The first kappa shape index (κ1) is 19.9. The zero-order chi connectivity index (χ0) is 19.6. The van der Waals surface area contributed by atoms with E-state index in [4.69, 9.17) is 9.15 Å². The van der Waals surface area contributed by atoms with Gasteiger partial charge in [0.2, 0.25) is 0 Å². The Hall–Kier alpha value is -3.44. The molecule has 2 aromatic rings. The van der Waals surface area contributed by atoms with Crippen LogP contribution < -0.4 is 5.32 Å². The first-order valence-corrected chi connectivity index (χ1v) is 8.37. The molecule has 0 radical (unpaired) electrons. The monoisotopic (exact) mass is 369 g/mol. The summed E-state index contributed by atoms with van der Waals surface area (Å²) < 4.78 is 10.8. The molecule has 0 saturated carbocycles. The summed E-state index contributed by atoms with van der Waals surface area (Å²) in [6.45, 7) is 3.46. The van der Waals surface area contributed by atoms with Gasteiger partial charge in [0.25, 0.3) is 11.6 Å². The van der Waals surface area contributed by atoms with Crippen molar-refractivity contribution in [3.63, 3.8) is 0 Å². The van der Waals surface area contributed by atoms with Crippen LogP contribution in [0.4, 0.5) is 5.69 Å². The summed E-state index contributed by atoms with van der Waals surface area (Å²) in [6.07, 6.45) is 2.01. The van der Waals surface area contributed by atoms with Crippen molar-refractivity contribution in [1.82, 2.24) is 5.32 Å². The fourth-order valence-electron chi connectivity index (χ4n) is 2.24. The molecule has 1 amide bonds. The van der Waals surface area contributed by atoms with Gasteiger partial charge in [-0.3, -0.25) is 14.9 Å². The number of carbonyl (C=O) groups is 1. The number of ether oxygens (including phenoxy) is 1. The van der Waals surface area contributed by atoms with Gasteiger partial charge >= 0.3 is 0 Å². The maximum atomic E-state index is 12.0. The standard InChI is InChI=1S/C19H19N3O5/c1-2-26-11-3-10-21-19(23)15(13-20)12-17-8-9-18(27-17)14-4-6-16(7-5-14)22(24)25/h4-9,12H,2-3,10-11H2,1H3,(H,21,23)/b15-12+. The molecule has 0 bridgehead atoms. The molecule has 1 aromatic carbocycles. The van der Waals surface area contributed by atoms with Gasteiger partial charge in [-0.25, -0.2) is 0 Å². The predicted molar refractivity (Wildman–Crippen MR) is 98.5 cm³/mol. The zero-order valence-corrected chi connectivity index (χ0v) is 14.8. The number of carbonyl (C=O) groups excluding carboxylic acids is 1. The van der Waals surface area contributed by atoms with E-state index >= 15 is 0 Å². The predicted octanol–water partition coefficient (Wildman–Crippen LogP) is 3.30. The normalized spacial score (nSPS) is 11.0. The average Bonchev–Trinajstić information content (AvgIpc) is 3.14. The van der Waals surface area contributed by atoms with Crippen LogP contribution in [0.3, 0.4) is 0 Å². The Kier molecular flexibility index (Phi) is 7.28. The minimum Gasteiger partial charge on any atom is -0.457 e. The Balaban J connectivity index is 2.04. The molecule has 2 rings (SSSR count). The maximum Gasteiger partial charge on any atom is 0.269 e. The summed E-state index contributed by atoms with van der Waals surface area (Å²) in [7, 11) is 0. The third kappa shape index (κ3) is 5.80. The molecule has 0 fully saturated rings. The number of rotatable bonds is 9. The van der Waals surface area contributed by atoms with E-state index in [0.717, 1.165) is 0 Å². The zero-order valence-electron chi connectivity index (χ0n) is 14.8. The summed E-state index contributed by atoms with van der Waals surface area (Å²) in [6, 6.07) is 11.0. The van der Waals surface area contributed by atoms with E-state index in [1.54, 1.807) is 24.3 Å². The smallest absolute Gasteiger partial charge is 0.269 e. The highest BCUT2D eigenvalue weighted by molar-refractivity contribution is 6.01. The number of nitriles is 1. The molecule has 1 heterocycles. The van der Waals surface area contributed by atoms with Crippen molar-refractivity contribution >= 4 is 17.7 Å². The lowest BCUT2D eigenvalue weighted by molar-refractivity contribution is -0.384. The van der Waals surface area contributed by atoms with Crippen molar-refractivity contribution in [1.29, 1.82) is 5.26 Å². The minimum atomic E-state index is -0.484. The van der Waals surface area contributed by atoms with E-state index in [9.17, 15) is 20.2 Å². The molecule has 27 heavy (non-hydrogen) atoms. The topological polar surface area (TPSA) is 118 Å². The SMILES string of the molecule is CCOCCCNC(=O)/C(C#N)=C/c1ccc(-c2ccc([N+](=O)[O-])cc2)o1. The highest BCUT2D eigenvalue weighted by Gasteiger charge is 2.11. The highest BCUT2D eigenvalue weighted by Crippen LogP contribution is 2.25. The van der Waals surface area contributed by atoms with E-state index in [0.29, 0.717) is 43.3 Å². The molecule has 0 aliphatic carbocycles. The summed E-state index contributed by atoms with van der Waals surface area (Å²) in [5, 5.41) is 22.5. The Morgan fingerprint density at radius 2 is 2.07 bits per heavy atom. The van der Waals surface area contributed by atoms with Crippen molar-refractivity contribution in [2.45, 2.75) is 13.3 Å². The lowest BCUT2D eigenvalue weighted by Gasteiger charge is -2.04. The van der Waals surface area contributed by atoms with Crippen LogP contribution in [0.2, 0.25) is 0 Å². The molecule has 1 N–H and O–H groups in total. The number of nitro groups is 1. The Morgan fingerprint density at radius 3 is 2.70 bits per heavy atom. The Labute approximate surface area is 156 Å². The summed E-state index contributed by atoms with van der Waals surface area (Å²) in [5.74, 6) is 0.331. The quantitative estimate of drug-likeness (QED) is 0.238. The Morgan fingerprint density at radius 1 is 1.33 bits per heavy atom. The molecular formula is C19H19N3O5. The van der Waals surface area contributed by atoms with Gasteiger partial charge < -0.3 is 14.5 Å². The van der Waals surface area contributed by atoms with E-state index < -0.39 is 10.8 Å². The molecule has 140 valence electrons. The molecule has 0 atom stereocenters. The fourth-order valence-corrected chi connectivity index (χ4v) is 2.24. The molecular weight excluding hydrogens is 350 g/mol. The van der Waals surface area contributed by atoms with Crippen molar-refractivity contribution in [2.24, 2.45) is 0 Å². The van der Waals surface area contributed by atoms with Crippen LogP contribution >= 0.6 is 0 Å². The van der Waals surface area contributed by atoms with Crippen molar-refractivity contribution in [3.05, 3.63) is 57.8 Å². The molecule has 8 heteroatoms. The molecule has 0 spiro atoms. The summed E-state index contributed by atoms with van der Waals surface area (Å²) in [5.41, 5.74) is 0.563. The molecule has 0 unspecified atom stereocenters. The van der Waals surface area contributed by atoms with E-state index in [1.165, 1.54) is 18.2 Å². The third-order valence-corrected chi connectivity index (χ3v) is 3.60. The second-order valence-corrected chi connectivity index (χ2v) is 5.48. The van der Waals surface area contributed by atoms with Gasteiger partial charge in [0, 0.05) is 43.5 Å². The molecule has 0 saturated heterocycles. The van der Waals surface area contributed by atoms with Gasteiger partial charge in [-0.2, -0.15) is 5.26 Å². The van der Waals surface area contributed by atoms with Crippen molar-refractivity contribution in [3.8, 4) is 17.4 Å². The van der Waals surface area contributed by atoms with Crippen LogP contribution in [0.5, 0.6) is 0 Å². The lowest BCUT2D eigenvalue weighted by Crippen LogP contribution is -2.26. The second kappa shape index (κ2) is 9.89. The number of hydrogen-bond acceptors (Lipinski definition) is 6. The largest absolute Gasteiger partial charge is 0.457 e. The van der Waals surface area contributed by atoms with Gasteiger partial charge in [-0.15, -0.1) is 0 Å². The number of benzene rings is 1. The van der Waals surface area contributed by atoms with Crippen LogP contribution in [0.15, 0.2) is 46.4 Å². The van der Waals surface area contributed by atoms with Gasteiger partial charge in [0.15, 0.2) is 0 Å². The van der Waals surface area contributed by atoms with Crippen LogP contribution in [0, 0.1) is 21.4 Å². The molecule has 8 nitrogen and oxygen atoms in total. The third-order valence-electron chi connectivity index (χ3n) is 3.60. The van der Waals surface area contributed by atoms with E-state index in [2.05, 4.69) is 5.32 Å². The fraction of sp³-hybridized carbons (Fsp3) is 0.263. The lowest BCUT2D eigenvalue weighted by atomic mass is 10.1. The number of nitrogens with zero attached hydrogens (tertiary/aromatic N) is 2. The van der Waals surface area contributed by atoms with Gasteiger partial charge in [0.1, 0.15) is 23.2 Å². The number of nitrogens with one attached hydrogen (secondary N) is 1. The van der Waals surface area contributed by atoms with Crippen LogP contribution in [0.25, 0.3) is 17.4 Å². The second-order valence-electron chi connectivity index (χ2n) is 5.48. The first-order chi connectivity index (χ1) is 13.0. The molecule has 0 aliphatic rings. The maximum absolute atomic E-state index is 12.0. The highest BCUT2D eigenvalue weighted by atomic mass is 16.6. The minimum absolute atomic E-state index is 0.0156. The number of hydrogen-bond donors (Lipinski definition) is 1. The van der Waals surface area contributed by atoms with Crippen LogP contribution in [-0.2, 0) is 9.53 Å². The number of non-ortho nitro benzene ring substituents is 1. The van der Waals surface area contributed by atoms with Gasteiger partial charge in [-0.1, -0.05) is 0 Å². The number of amides is 1. The van der Waals surface area contributed by atoms with Crippen LogP contribution in [0.1, 0.15) is 19.1 Å². The summed E-state index contributed by atoms with van der Waals surface area (Å²) >= 11 is 0. The van der Waals surface area contributed by atoms with E-state index in [-0.39, 0.29) is 11.3 Å². The van der Waals surface area contributed by atoms with Gasteiger partial charge in [-0.05, 0) is 37.6 Å². The van der Waals surface area contributed by atoms with Crippen LogP contribution in [-0.4, -0.2) is 30.6 Å².